The quantitative estimate of drug-likeness (QED) is 0.333. The number of sulfonamides is 1. The van der Waals surface area contributed by atoms with Crippen molar-refractivity contribution >= 4 is 33.7 Å². The summed E-state index contributed by atoms with van der Waals surface area (Å²) in [6.45, 7) is 0. The van der Waals surface area contributed by atoms with Crippen LogP contribution in [0.15, 0.2) is 63.9 Å². The highest BCUT2D eigenvalue weighted by Crippen LogP contribution is 2.22. The van der Waals surface area contributed by atoms with Gasteiger partial charge in [-0.05, 0) is 35.9 Å². The van der Waals surface area contributed by atoms with Crippen LogP contribution in [-0.2, 0) is 14.8 Å². The van der Waals surface area contributed by atoms with Crippen molar-refractivity contribution in [3.05, 3.63) is 70.3 Å². The molecule has 0 spiro atoms. The SMILES string of the molecule is CN(C)S(=O)(=O)c1ccc(-c2nnc(NC(=O)C=Cc3cccc([N+](=O)[O-])c3)o2)cc1. The van der Waals surface area contributed by atoms with Gasteiger partial charge in [0.05, 0.1) is 9.82 Å². The van der Waals surface area contributed by atoms with Crippen molar-refractivity contribution in [1.29, 1.82) is 0 Å². The summed E-state index contributed by atoms with van der Waals surface area (Å²) in [4.78, 5) is 22.4. The van der Waals surface area contributed by atoms with Crippen LogP contribution in [0.1, 0.15) is 5.56 Å². The molecule has 3 rings (SSSR count). The summed E-state index contributed by atoms with van der Waals surface area (Å²) >= 11 is 0. The molecular formula is C19H17N5O6S. The molecule has 1 heterocycles. The molecule has 3 aromatic rings. The van der Waals surface area contributed by atoms with Gasteiger partial charge >= 0.3 is 6.01 Å². The van der Waals surface area contributed by atoms with Crippen LogP contribution in [0.4, 0.5) is 11.7 Å². The molecule has 1 amide bonds. The molecule has 11 nitrogen and oxygen atoms in total. The second-order valence-electron chi connectivity index (χ2n) is 6.40. The monoisotopic (exact) mass is 443 g/mol. The maximum Gasteiger partial charge on any atom is 0.322 e. The van der Waals surface area contributed by atoms with Crippen LogP contribution in [0.5, 0.6) is 0 Å². The molecule has 160 valence electrons. The zero-order valence-corrected chi connectivity index (χ0v) is 17.2. The summed E-state index contributed by atoms with van der Waals surface area (Å²) < 4.78 is 30.7. The van der Waals surface area contributed by atoms with Crippen LogP contribution >= 0.6 is 0 Å². The fraction of sp³-hybridized carbons (Fsp3) is 0.105. The van der Waals surface area contributed by atoms with Gasteiger partial charge in [0.15, 0.2) is 0 Å². The van der Waals surface area contributed by atoms with Gasteiger partial charge in [0.25, 0.3) is 11.6 Å². The highest BCUT2D eigenvalue weighted by Gasteiger charge is 2.18. The number of amides is 1. The Morgan fingerprint density at radius 2 is 1.87 bits per heavy atom. The zero-order chi connectivity index (χ0) is 22.6. The topological polar surface area (TPSA) is 149 Å². The first kappa shape index (κ1) is 21.8. The Labute approximate surface area is 177 Å². The third-order valence-electron chi connectivity index (χ3n) is 4.04. The van der Waals surface area contributed by atoms with Gasteiger partial charge in [-0.25, -0.2) is 12.7 Å². The largest absolute Gasteiger partial charge is 0.403 e. The normalized spacial score (nSPS) is 11.7. The summed E-state index contributed by atoms with van der Waals surface area (Å²) in [5.41, 5.74) is 0.856. The van der Waals surface area contributed by atoms with E-state index in [1.165, 1.54) is 68.7 Å². The molecule has 1 aromatic heterocycles. The van der Waals surface area contributed by atoms with Crippen molar-refractivity contribution in [1.82, 2.24) is 14.5 Å². The van der Waals surface area contributed by atoms with E-state index in [0.717, 1.165) is 4.31 Å². The van der Waals surface area contributed by atoms with E-state index >= 15 is 0 Å². The van der Waals surface area contributed by atoms with Crippen LogP contribution in [-0.4, -0.2) is 47.8 Å². The minimum absolute atomic E-state index is 0.0894. The smallest absolute Gasteiger partial charge is 0.322 e. The molecule has 2 aromatic carbocycles. The summed E-state index contributed by atoms with van der Waals surface area (Å²) in [5, 5.41) is 20.7. The van der Waals surface area contributed by atoms with E-state index in [1.54, 1.807) is 6.07 Å². The number of hydrogen-bond donors (Lipinski definition) is 1. The van der Waals surface area contributed by atoms with Crippen LogP contribution < -0.4 is 5.32 Å². The van der Waals surface area contributed by atoms with E-state index in [1.807, 2.05) is 0 Å². The molecule has 0 radical (unpaired) electrons. The molecule has 0 bridgehead atoms. The Hall–Kier alpha value is -3.90. The maximum atomic E-state index is 12.1. The Kier molecular flexibility index (Phi) is 6.22. The third kappa shape index (κ3) is 5.18. The van der Waals surface area contributed by atoms with E-state index in [2.05, 4.69) is 15.5 Å². The Morgan fingerprint density at radius 1 is 1.16 bits per heavy atom. The predicted octanol–water partition coefficient (Wildman–Crippen LogP) is 2.55. The van der Waals surface area contributed by atoms with E-state index in [0.29, 0.717) is 11.1 Å². The molecule has 1 N–H and O–H groups in total. The van der Waals surface area contributed by atoms with Crippen molar-refractivity contribution < 1.29 is 22.6 Å². The number of carbonyl (C=O) groups excluding carboxylic acids is 1. The molecule has 31 heavy (non-hydrogen) atoms. The predicted molar refractivity (Wildman–Crippen MR) is 111 cm³/mol. The number of benzene rings is 2. The summed E-state index contributed by atoms with van der Waals surface area (Å²) in [6.07, 6.45) is 2.58. The van der Waals surface area contributed by atoms with Gasteiger partial charge in [-0.15, -0.1) is 5.10 Å². The fourth-order valence-corrected chi connectivity index (χ4v) is 3.33. The van der Waals surface area contributed by atoms with Crippen LogP contribution in [0.3, 0.4) is 0 Å². The van der Waals surface area contributed by atoms with Crippen molar-refractivity contribution in [2.75, 3.05) is 19.4 Å². The van der Waals surface area contributed by atoms with E-state index in [-0.39, 0.29) is 22.5 Å². The van der Waals surface area contributed by atoms with Gasteiger partial charge in [-0.2, -0.15) is 0 Å². The Morgan fingerprint density at radius 3 is 2.52 bits per heavy atom. The lowest BCUT2D eigenvalue weighted by molar-refractivity contribution is -0.384. The van der Waals surface area contributed by atoms with Crippen molar-refractivity contribution in [3.8, 4) is 11.5 Å². The van der Waals surface area contributed by atoms with Crippen molar-refractivity contribution in [2.24, 2.45) is 0 Å². The number of nitro groups is 1. The number of nitrogens with zero attached hydrogens (tertiary/aromatic N) is 4. The van der Waals surface area contributed by atoms with Gasteiger partial charge in [0.1, 0.15) is 0 Å². The minimum atomic E-state index is -3.56. The van der Waals surface area contributed by atoms with Crippen LogP contribution in [0.25, 0.3) is 17.5 Å². The van der Waals surface area contributed by atoms with Gasteiger partial charge < -0.3 is 4.42 Å². The molecular weight excluding hydrogens is 426 g/mol. The van der Waals surface area contributed by atoms with E-state index in [9.17, 15) is 23.3 Å². The molecule has 0 unspecified atom stereocenters. The minimum Gasteiger partial charge on any atom is -0.403 e. The second-order valence-corrected chi connectivity index (χ2v) is 8.55. The zero-order valence-electron chi connectivity index (χ0n) is 16.4. The van der Waals surface area contributed by atoms with Crippen LogP contribution in [0, 0.1) is 10.1 Å². The van der Waals surface area contributed by atoms with Crippen molar-refractivity contribution in [3.63, 3.8) is 0 Å². The lowest BCUT2D eigenvalue weighted by Gasteiger charge is -2.11. The third-order valence-corrected chi connectivity index (χ3v) is 5.87. The molecule has 0 fully saturated rings. The van der Waals surface area contributed by atoms with E-state index in [4.69, 9.17) is 4.42 Å². The Bertz CT molecular complexity index is 1250. The molecule has 0 atom stereocenters. The summed E-state index contributed by atoms with van der Waals surface area (Å²) in [5.74, 6) is -0.485. The maximum absolute atomic E-state index is 12.1. The number of hydrogen-bond acceptors (Lipinski definition) is 8. The average Bonchev–Trinajstić information content (AvgIpc) is 3.21. The lowest BCUT2D eigenvalue weighted by atomic mass is 10.2. The number of aromatic nitrogens is 2. The highest BCUT2D eigenvalue weighted by atomic mass is 32.2. The number of carbonyl (C=O) groups is 1. The first-order valence-corrected chi connectivity index (χ1v) is 10.2. The number of nitro benzene ring substituents is 1. The molecule has 0 aliphatic heterocycles. The molecule has 0 aliphatic rings. The molecule has 0 saturated carbocycles. The number of rotatable bonds is 7. The van der Waals surface area contributed by atoms with Gasteiger partial charge in [0, 0.05) is 37.9 Å². The fourth-order valence-electron chi connectivity index (χ4n) is 2.43. The highest BCUT2D eigenvalue weighted by molar-refractivity contribution is 7.89. The van der Waals surface area contributed by atoms with Crippen molar-refractivity contribution in [2.45, 2.75) is 4.90 Å². The van der Waals surface area contributed by atoms with E-state index < -0.39 is 20.9 Å². The standard InChI is InChI=1S/C19H17N5O6S/c1-23(2)31(28,29)16-9-7-14(8-10-16)18-21-22-19(30-18)20-17(25)11-6-13-4-3-5-15(12-13)24(26)27/h3-12H,1-2H3,(H,20,22,25). The lowest BCUT2D eigenvalue weighted by Crippen LogP contribution is -2.22. The van der Waals surface area contributed by atoms with Gasteiger partial charge in [-0.1, -0.05) is 17.2 Å². The first-order chi connectivity index (χ1) is 14.7. The summed E-state index contributed by atoms with van der Waals surface area (Å²) in [6, 6.07) is 11.5. The summed E-state index contributed by atoms with van der Waals surface area (Å²) in [7, 11) is -0.690. The average molecular weight is 443 g/mol. The first-order valence-electron chi connectivity index (χ1n) is 8.77. The number of nitrogens with one attached hydrogen (secondary N) is 1. The van der Waals surface area contributed by atoms with Gasteiger partial charge in [0.2, 0.25) is 15.9 Å². The molecule has 0 saturated heterocycles. The van der Waals surface area contributed by atoms with Crippen LogP contribution in [0.2, 0.25) is 0 Å². The number of anilines is 1. The molecule has 12 heteroatoms. The Balaban J connectivity index is 1.68. The number of non-ortho nitro benzene ring substituents is 1. The second kappa shape index (κ2) is 8.85. The molecule has 0 aliphatic carbocycles. The van der Waals surface area contributed by atoms with Gasteiger partial charge in [-0.3, -0.25) is 20.2 Å².